The highest BCUT2D eigenvalue weighted by molar-refractivity contribution is 6.22. The predicted molar refractivity (Wildman–Crippen MR) is 91.4 cm³/mol. The molecule has 2 aliphatic rings. The number of hydrogen-bond donors (Lipinski definition) is 0. The minimum absolute atomic E-state index is 0.222. The topological polar surface area (TPSA) is 62.7 Å². The van der Waals surface area contributed by atoms with Crippen molar-refractivity contribution in [3.63, 3.8) is 0 Å². The third-order valence-corrected chi connectivity index (χ3v) is 4.79. The number of methoxy groups -OCH3 is 1. The Bertz CT molecular complexity index is 878. The van der Waals surface area contributed by atoms with Crippen molar-refractivity contribution in [1.82, 2.24) is 14.8 Å². The Balaban J connectivity index is 1.59. The molecule has 0 fully saturated rings. The highest BCUT2D eigenvalue weighted by Gasteiger charge is 2.40. The molecule has 2 aliphatic heterocycles. The third-order valence-electron chi connectivity index (χ3n) is 4.79. The smallest absolute Gasteiger partial charge is 0.268 e. The summed E-state index contributed by atoms with van der Waals surface area (Å²) in [7, 11) is 1.46. The second-order valence-corrected chi connectivity index (χ2v) is 6.45. The number of benzene rings is 1. The van der Waals surface area contributed by atoms with Crippen LogP contribution in [0.5, 0.6) is 5.88 Å². The molecule has 0 N–H and O–H groups in total. The van der Waals surface area contributed by atoms with E-state index in [1.165, 1.54) is 23.1 Å². The van der Waals surface area contributed by atoms with Gasteiger partial charge < -0.3 is 4.74 Å². The van der Waals surface area contributed by atoms with Gasteiger partial charge in [-0.15, -0.1) is 0 Å². The number of amides is 2. The quantitative estimate of drug-likeness (QED) is 0.802. The fraction of sp³-hybridized carbons (Fsp3) is 0.316. The SMILES string of the molecule is COc1nc(C)cc2c1C(=O)N(CN1CCc3ccccc3C1)C2=O. The number of fused-ring (bicyclic) bond motifs is 2. The van der Waals surface area contributed by atoms with Gasteiger partial charge in [-0.1, -0.05) is 24.3 Å². The molecule has 128 valence electrons. The zero-order valence-electron chi connectivity index (χ0n) is 14.3. The molecule has 4 rings (SSSR count). The number of aromatic nitrogens is 1. The van der Waals surface area contributed by atoms with Crippen molar-refractivity contribution in [2.45, 2.75) is 19.9 Å². The molecule has 0 atom stereocenters. The molecule has 0 unspecified atom stereocenters. The van der Waals surface area contributed by atoms with Crippen molar-refractivity contribution >= 4 is 11.8 Å². The fourth-order valence-corrected chi connectivity index (χ4v) is 3.54. The normalized spacial score (nSPS) is 16.8. The van der Waals surface area contributed by atoms with Gasteiger partial charge in [-0.2, -0.15) is 0 Å². The van der Waals surface area contributed by atoms with E-state index in [9.17, 15) is 9.59 Å². The highest BCUT2D eigenvalue weighted by atomic mass is 16.5. The average molecular weight is 337 g/mol. The van der Waals surface area contributed by atoms with Gasteiger partial charge in [0, 0.05) is 18.8 Å². The number of carbonyl (C=O) groups excluding carboxylic acids is 2. The predicted octanol–water partition coefficient (Wildman–Crippen LogP) is 2.01. The van der Waals surface area contributed by atoms with Crippen LogP contribution in [0.3, 0.4) is 0 Å². The minimum atomic E-state index is -0.330. The summed E-state index contributed by atoms with van der Waals surface area (Å²) in [5.74, 6) is -0.384. The van der Waals surface area contributed by atoms with Crippen molar-refractivity contribution in [1.29, 1.82) is 0 Å². The van der Waals surface area contributed by atoms with Crippen molar-refractivity contribution in [2.75, 3.05) is 20.3 Å². The molecule has 0 spiro atoms. The number of nitrogens with zero attached hydrogens (tertiary/aromatic N) is 3. The minimum Gasteiger partial charge on any atom is -0.480 e. The molecule has 6 nitrogen and oxygen atoms in total. The van der Waals surface area contributed by atoms with E-state index in [-0.39, 0.29) is 29.9 Å². The highest BCUT2D eigenvalue weighted by Crippen LogP contribution is 2.31. The van der Waals surface area contributed by atoms with Crippen LogP contribution in [0, 0.1) is 6.92 Å². The third kappa shape index (κ3) is 2.59. The monoisotopic (exact) mass is 337 g/mol. The van der Waals surface area contributed by atoms with Crippen LogP contribution < -0.4 is 4.74 Å². The molecule has 6 heteroatoms. The molecule has 0 aliphatic carbocycles. The first-order chi connectivity index (χ1) is 12.1. The Morgan fingerprint density at radius 3 is 2.68 bits per heavy atom. The van der Waals surface area contributed by atoms with E-state index in [0.717, 1.165) is 19.5 Å². The van der Waals surface area contributed by atoms with Gasteiger partial charge in [0.1, 0.15) is 5.56 Å². The van der Waals surface area contributed by atoms with Gasteiger partial charge in [0.2, 0.25) is 5.88 Å². The lowest BCUT2D eigenvalue weighted by Crippen LogP contribution is -2.43. The molecule has 3 heterocycles. The van der Waals surface area contributed by atoms with E-state index in [4.69, 9.17) is 4.74 Å². The molecule has 25 heavy (non-hydrogen) atoms. The maximum Gasteiger partial charge on any atom is 0.268 e. The van der Waals surface area contributed by atoms with Gasteiger partial charge in [-0.25, -0.2) is 4.98 Å². The van der Waals surface area contributed by atoms with Gasteiger partial charge in [0.05, 0.1) is 19.3 Å². The summed E-state index contributed by atoms with van der Waals surface area (Å²) in [5, 5.41) is 0. The van der Waals surface area contributed by atoms with Gasteiger partial charge >= 0.3 is 0 Å². The Hall–Kier alpha value is -2.73. The zero-order chi connectivity index (χ0) is 17.6. The van der Waals surface area contributed by atoms with E-state index >= 15 is 0 Å². The standard InChI is InChI=1S/C19H19N3O3/c1-12-9-15-16(17(20-12)25-2)19(24)22(18(15)23)11-21-8-7-13-5-3-4-6-14(13)10-21/h3-6,9H,7-8,10-11H2,1-2H3. The maximum atomic E-state index is 12.8. The van der Waals surface area contributed by atoms with Gasteiger partial charge in [0.15, 0.2) is 0 Å². The number of hydrogen-bond acceptors (Lipinski definition) is 5. The Morgan fingerprint density at radius 2 is 1.92 bits per heavy atom. The van der Waals surface area contributed by atoms with Crippen molar-refractivity contribution < 1.29 is 14.3 Å². The molecule has 0 radical (unpaired) electrons. The summed E-state index contributed by atoms with van der Waals surface area (Å²) in [6.45, 7) is 3.62. The molecule has 2 amide bonds. The number of imide groups is 1. The number of aryl methyl sites for hydroxylation is 1. The average Bonchev–Trinajstić information content (AvgIpc) is 2.85. The summed E-state index contributed by atoms with van der Waals surface area (Å²) in [6, 6.07) is 9.95. The molecule has 0 saturated heterocycles. The summed E-state index contributed by atoms with van der Waals surface area (Å²) in [6.07, 6.45) is 0.920. The van der Waals surface area contributed by atoms with Gasteiger partial charge in [-0.3, -0.25) is 19.4 Å². The summed E-state index contributed by atoms with van der Waals surface area (Å²) >= 11 is 0. The molecular formula is C19H19N3O3. The van der Waals surface area contributed by atoms with Crippen LogP contribution in [0.4, 0.5) is 0 Å². The van der Waals surface area contributed by atoms with E-state index in [0.29, 0.717) is 11.3 Å². The molecular weight excluding hydrogens is 318 g/mol. The molecule has 0 saturated carbocycles. The Kier molecular flexibility index (Phi) is 3.77. The van der Waals surface area contributed by atoms with Crippen LogP contribution in [0.2, 0.25) is 0 Å². The number of ether oxygens (including phenoxy) is 1. The van der Waals surface area contributed by atoms with Crippen LogP contribution in [0.1, 0.15) is 37.5 Å². The van der Waals surface area contributed by atoms with E-state index in [1.807, 2.05) is 12.1 Å². The Labute approximate surface area is 146 Å². The summed E-state index contributed by atoms with van der Waals surface area (Å²) < 4.78 is 5.22. The van der Waals surface area contributed by atoms with E-state index in [2.05, 4.69) is 22.0 Å². The molecule has 0 bridgehead atoms. The second kappa shape index (κ2) is 5.97. The first kappa shape index (κ1) is 15.8. The van der Waals surface area contributed by atoms with Crippen LogP contribution >= 0.6 is 0 Å². The van der Waals surface area contributed by atoms with Crippen LogP contribution in [0.25, 0.3) is 0 Å². The molecule has 1 aromatic carbocycles. The molecule has 1 aromatic heterocycles. The summed E-state index contributed by atoms with van der Waals surface area (Å²) in [4.78, 5) is 33.2. The van der Waals surface area contributed by atoms with Crippen molar-refractivity contribution in [2.24, 2.45) is 0 Å². The van der Waals surface area contributed by atoms with Gasteiger partial charge in [0.25, 0.3) is 11.8 Å². The largest absolute Gasteiger partial charge is 0.480 e. The molecule has 2 aromatic rings. The Morgan fingerprint density at radius 1 is 1.16 bits per heavy atom. The fourth-order valence-electron chi connectivity index (χ4n) is 3.54. The van der Waals surface area contributed by atoms with Gasteiger partial charge in [-0.05, 0) is 30.5 Å². The van der Waals surface area contributed by atoms with Crippen LogP contribution in [-0.2, 0) is 13.0 Å². The number of pyridine rings is 1. The maximum absolute atomic E-state index is 12.8. The number of carbonyl (C=O) groups is 2. The van der Waals surface area contributed by atoms with Crippen LogP contribution in [-0.4, -0.2) is 46.9 Å². The van der Waals surface area contributed by atoms with Crippen molar-refractivity contribution in [3.05, 3.63) is 58.3 Å². The first-order valence-electron chi connectivity index (χ1n) is 8.29. The second-order valence-electron chi connectivity index (χ2n) is 6.45. The van der Waals surface area contributed by atoms with Crippen molar-refractivity contribution in [3.8, 4) is 5.88 Å². The lowest BCUT2D eigenvalue weighted by Gasteiger charge is -2.31. The zero-order valence-corrected chi connectivity index (χ0v) is 14.3. The lowest BCUT2D eigenvalue weighted by molar-refractivity contribution is 0.0525. The lowest BCUT2D eigenvalue weighted by atomic mass is 10.0. The van der Waals surface area contributed by atoms with E-state index in [1.54, 1.807) is 13.0 Å². The number of rotatable bonds is 3. The van der Waals surface area contributed by atoms with Crippen LogP contribution in [0.15, 0.2) is 30.3 Å². The van der Waals surface area contributed by atoms with E-state index < -0.39 is 0 Å². The summed E-state index contributed by atoms with van der Waals surface area (Å²) in [5.41, 5.74) is 3.90. The first-order valence-corrected chi connectivity index (χ1v) is 8.29.